The monoisotopic (exact) mass is 242 g/mol. The zero-order chi connectivity index (χ0) is 13.8. The molecule has 0 atom stereocenters. The van der Waals surface area contributed by atoms with Gasteiger partial charge in [0.2, 0.25) is 0 Å². The molecule has 0 amide bonds. The van der Waals surface area contributed by atoms with Crippen LogP contribution < -0.4 is 0 Å². The van der Waals surface area contributed by atoms with Gasteiger partial charge in [-0.2, -0.15) is 0 Å². The highest BCUT2D eigenvalue weighted by atomic mass is 16.5. The molecule has 0 saturated heterocycles. The average Bonchev–Trinajstić information content (AvgIpc) is 2.16. The van der Waals surface area contributed by atoms with E-state index < -0.39 is 11.9 Å². The lowest BCUT2D eigenvalue weighted by Gasteiger charge is -1.93. The van der Waals surface area contributed by atoms with Crippen LogP contribution in [0.4, 0.5) is 0 Å². The van der Waals surface area contributed by atoms with Crippen LogP contribution in [0.2, 0.25) is 0 Å². The Hall–Kier alpha value is -2.37. The first kappa shape index (κ1) is 17.0. The van der Waals surface area contributed by atoms with Crippen LogP contribution in [0, 0.1) is 0 Å². The van der Waals surface area contributed by atoms with E-state index >= 15 is 0 Å². The standard InChI is InChI=1S/C7H8O4.C4H6O2/c1-2-3-5(7(10)11)4-6(8)9;1-3-6-4(2)5/h2,4H,1,3H2,(H,8,9)(H,10,11);3H,1H2,2H3/b5-4+;. The molecule has 6 nitrogen and oxygen atoms in total. The highest BCUT2D eigenvalue weighted by molar-refractivity contribution is 5.94. The molecular formula is C11H14O6. The fourth-order valence-corrected chi connectivity index (χ4v) is 0.630. The summed E-state index contributed by atoms with van der Waals surface area (Å²) >= 11 is 0. The first-order chi connectivity index (χ1) is 7.84. The number of carboxylic acid groups (broad SMARTS) is 2. The molecule has 0 aliphatic heterocycles. The van der Waals surface area contributed by atoms with Crippen LogP contribution in [-0.4, -0.2) is 28.1 Å². The summed E-state index contributed by atoms with van der Waals surface area (Å²) in [5.41, 5.74) is -0.174. The van der Waals surface area contributed by atoms with Crippen LogP contribution >= 0.6 is 0 Å². The van der Waals surface area contributed by atoms with Gasteiger partial charge in [0, 0.05) is 18.6 Å². The molecule has 0 aromatic heterocycles. The summed E-state index contributed by atoms with van der Waals surface area (Å²) in [6.45, 7) is 7.77. The van der Waals surface area contributed by atoms with Gasteiger partial charge in [0.1, 0.15) is 0 Å². The summed E-state index contributed by atoms with van der Waals surface area (Å²) in [5.74, 6) is -2.82. The zero-order valence-corrected chi connectivity index (χ0v) is 9.38. The number of ether oxygens (including phenoxy) is 1. The van der Waals surface area contributed by atoms with Crippen molar-refractivity contribution >= 4 is 17.9 Å². The molecule has 0 unspecified atom stereocenters. The van der Waals surface area contributed by atoms with Crippen molar-refractivity contribution in [1.29, 1.82) is 0 Å². The Balaban J connectivity index is 0. The fourth-order valence-electron chi connectivity index (χ4n) is 0.630. The maximum Gasteiger partial charge on any atom is 0.332 e. The number of esters is 1. The number of rotatable bonds is 5. The number of carbonyl (C=O) groups excluding carboxylic acids is 1. The van der Waals surface area contributed by atoms with Gasteiger partial charge >= 0.3 is 17.9 Å². The van der Waals surface area contributed by atoms with Gasteiger partial charge in [-0.15, -0.1) is 6.58 Å². The highest BCUT2D eigenvalue weighted by Crippen LogP contribution is 2.01. The first-order valence-electron chi connectivity index (χ1n) is 4.41. The second kappa shape index (κ2) is 10.2. The zero-order valence-electron chi connectivity index (χ0n) is 9.38. The molecule has 0 rings (SSSR count). The first-order valence-corrected chi connectivity index (χ1v) is 4.41. The van der Waals surface area contributed by atoms with Crippen molar-refractivity contribution in [1.82, 2.24) is 0 Å². The normalized spacial score (nSPS) is 9.35. The lowest BCUT2D eigenvalue weighted by atomic mass is 10.2. The van der Waals surface area contributed by atoms with E-state index in [0.29, 0.717) is 6.08 Å². The Morgan fingerprint density at radius 2 is 1.76 bits per heavy atom. The molecule has 0 radical (unpaired) electrons. The Bertz CT molecular complexity index is 340. The minimum absolute atomic E-state index is 0.0572. The minimum atomic E-state index is -1.26. The lowest BCUT2D eigenvalue weighted by Crippen LogP contribution is -2.02. The van der Waals surface area contributed by atoms with E-state index in [2.05, 4.69) is 17.9 Å². The van der Waals surface area contributed by atoms with E-state index in [4.69, 9.17) is 10.2 Å². The van der Waals surface area contributed by atoms with Crippen LogP contribution in [0.3, 0.4) is 0 Å². The molecule has 0 fully saturated rings. The van der Waals surface area contributed by atoms with Crippen LogP contribution in [0.1, 0.15) is 13.3 Å². The van der Waals surface area contributed by atoms with Crippen molar-refractivity contribution in [3.63, 3.8) is 0 Å². The van der Waals surface area contributed by atoms with Gasteiger partial charge < -0.3 is 14.9 Å². The van der Waals surface area contributed by atoms with Gasteiger partial charge in [0.15, 0.2) is 0 Å². The maximum atomic E-state index is 10.2. The molecule has 0 spiro atoms. The largest absolute Gasteiger partial charge is 0.478 e. The maximum absolute atomic E-state index is 10.2. The smallest absolute Gasteiger partial charge is 0.332 e. The number of aliphatic carboxylic acids is 2. The van der Waals surface area contributed by atoms with Gasteiger partial charge in [-0.25, -0.2) is 9.59 Å². The molecule has 6 heteroatoms. The molecule has 94 valence electrons. The number of allylic oxidation sites excluding steroid dienone is 1. The number of carboxylic acids is 2. The number of carbonyl (C=O) groups is 3. The minimum Gasteiger partial charge on any atom is -0.478 e. The van der Waals surface area contributed by atoms with Crippen molar-refractivity contribution in [2.24, 2.45) is 0 Å². The van der Waals surface area contributed by atoms with E-state index in [1.807, 2.05) is 0 Å². The Labute approximate surface area is 98.5 Å². The lowest BCUT2D eigenvalue weighted by molar-refractivity contribution is -0.135. The summed E-state index contributed by atoms with van der Waals surface area (Å²) < 4.78 is 4.17. The van der Waals surface area contributed by atoms with Crippen molar-refractivity contribution < 1.29 is 29.3 Å². The third kappa shape index (κ3) is 13.6. The van der Waals surface area contributed by atoms with Crippen molar-refractivity contribution in [3.05, 3.63) is 37.1 Å². The quantitative estimate of drug-likeness (QED) is 0.326. The Kier molecular flexibility index (Phi) is 10.2. The molecule has 0 saturated carbocycles. The number of hydrogen-bond donors (Lipinski definition) is 2. The van der Waals surface area contributed by atoms with E-state index in [9.17, 15) is 14.4 Å². The molecule has 17 heavy (non-hydrogen) atoms. The summed E-state index contributed by atoms with van der Waals surface area (Å²) in [4.78, 5) is 30.0. The van der Waals surface area contributed by atoms with Gasteiger partial charge in [-0.1, -0.05) is 12.7 Å². The van der Waals surface area contributed by atoms with E-state index in [0.717, 1.165) is 6.26 Å². The van der Waals surface area contributed by atoms with Crippen LogP contribution in [0.25, 0.3) is 0 Å². The summed E-state index contributed by atoms with van der Waals surface area (Å²) in [5, 5.41) is 16.6. The molecule has 0 aliphatic rings. The summed E-state index contributed by atoms with van der Waals surface area (Å²) in [6, 6.07) is 0. The molecule has 0 aliphatic carbocycles. The molecular weight excluding hydrogens is 228 g/mol. The topological polar surface area (TPSA) is 101 Å². The second-order valence-electron chi connectivity index (χ2n) is 2.58. The van der Waals surface area contributed by atoms with Crippen LogP contribution in [0.15, 0.2) is 37.1 Å². The Morgan fingerprint density at radius 1 is 1.24 bits per heavy atom. The molecule has 0 aromatic carbocycles. The SMILES string of the molecule is C=CC/C(=C\C(=O)O)C(=O)O.C=COC(C)=O. The van der Waals surface area contributed by atoms with Gasteiger partial charge in [0.05, 0.1) is 6.26 Å². The van der Waals surface area contributed by atoms with Gasteiger partial charge in [-0.05, 0) is 6.42 Å². The molecule has 2 N–H and O–H groups in total. The fraction of sp³-hybridized carbons (Fsp3) is 0.182. The van der Waals surface area contributed by atoms with Gasteiger partial charge in [0.25, 0.3) is 0 Å². The molecule has 0 heterocycles. The average molecular weight is 242 g/mol. The third-order valence-electron chi connectivity index (χ3n) is 1.19. The third-order valence-corrected chi connectivity index (χ3v) is 1.19. The van der Waals surface area contributed by atoms with Crippen LogP contribution in [-0.2, 0) is 19.1 Å². The molecule has 0 aromatic rings. The van der Waals surface area contributed by atoms with Crippen molar-refractivity contribution in [3.8, 4) is 0 Å². The molecule has 0 bridgehead atoms. The van der Waals surface area contributed by atoms with Crippen molar-refractivity contribution in [2.75, 3.05) is 0 Å². The predicted octanol–water partition coefficient (Wildman–Crippen LogP) is 1.35. The Morgan fingerprint density at radius 3 is 1.94 bits per heavy atom. The summed E-state index contributed by atoms with van der Waals surface area (Å²) in [7, 11) is 0. The predicted molar refractivity (Wildman–Crippen MR) is 60.1 cm³/mol. The second-order valence-corrected chi connectivity index (χ2v) is 2.58. The highest BCUT2D eigenvalue weighted by Gasteiger charge is 2.06. The van der Waals surface area contributed by atoms with E-state index in [1.54, 1.807) is 0 Å². The van der Waals surface area contributed by atoms with E-state index in [-0.39, 0.29) is 18.0 Å². The van der Waals surface area contributed by atoms with Gasteiger partial charge in [-0.3, -0.25) is 4.79 Å². The van der Waals surface area contributed by atoms with E-state index in [1.165, 1.54) is 13.0 Å². The summed E-state index contributed by atoms with van der Waals surface area (Å²) in [6.07, 6.45) is 3.15. The van der Waals surface area contributed by atoms with Crippen molar-refractivity contribution in [2.45, 2.75) is 13.3 Å². The number of hydrogen-bond acceptors (Lipinski definition) is 4. The van der Waals surface area contributed by atoms with Crippen LogP contribution in [0.5, 0.6) is 0 Å².